The van der Waals surface area contributed by atoms with Crippen molar-refractivity contribution >= 4 is 5.91 Å². The van der Waals surface area contributed by atoms with Gasteiger partial charge in [0.15, 0.2) is 0 Å². The zero-order valence-electron chi connectivity index (χ0n) is 12.3. The van der Waals surface area contributed by atoms with E-state index in [2.05, 4.69) is 10.6 Å². The van der Waals surface area contributed by atoms with Crippen molar-refractivity contribution in [3.05, 3.63) is 35.4 Å². The van der Waals surface area contributed by atoms with Crippen LogP contribution >= 0.6 is 0 Å². The number of rotatable bonds is 5. The van der Waals surface area contributed by atoms with Gasteiger partial charge >= 0.3 is 0 Å². The van der Waals surface area contributed by atoms with Crippen molar-refractivity contribution in [2.24, 2.45) is 0 Å². The van der Waals surface area contributed by atoms with Crippen LogP contribution in [0.3, 0.4) is 0 Å². The summed E-state index contributed by atoms with van der Waals surface area (Å²) in [7, 11) is 0. The van der Waals surface area contributed by atoms with Crippen LogP contribution in [0, 0.1) is 11.6 Å². The fourth-order valence-corrected chi connectivity index (χ4v) is 3.23. The molecule has 2 saturated heterocycles. The maximum Gasteiger partial charge on any atom is 0.220 e. The molecule has 2 fully saturated rings. The van der Waals surface area contributed by atoms with Gasteiger partial charge in [-0.1, -0.05) is 6.07 Å². The van der Waals surface area contributed by atoms with Crippen molar-refractivity contribution in [1.82, 2.24) is 10.6 Å². The zero-order valence-corrected chi connectivity index (χ0v) is 12.3. The van der Waals surface area contributed by atoms with Crippen molar-refractivity contribution in [2.75, 3.05) is 13.2 Å². The highest BCUT2D eigenvalue weighted by atomic mass is 19.1. The number of carbonyl (C=O) groups is 1. The quantitative estimate of drug-likeness (QED) is 0.873. The van der Waals surface area contributed by atoms with Crippen LogP contribution in [0.1, 0.15) is 31.2 Å². The van der Waals surface area contributed by atoms with Crippen LogP contribution in [-0.2, 0) is 16.1 Å². The molecule has 2 bridgehead atoms. The third-order valence-corrected chi connectivity index (χ3v) is 4.50. The molecule has 0 spiro atoms. The van der Waals surface area contributed by atoms with Crippen molar-refractivity contribution < 1.29 is 18.3 Å². The van der Waals surface area contributed by atoms with Crippen molar-refractivity contribution in [2.45, 2.75) is 43.8 Å². The van der Waals surface area contributed by atoms with Crippen LogP contribution in [0.5, 0.6) is 0 Å². The van der Waals surface area contributed by atoms with Crippen molar-refractivity contribution in [3.8, 4) is 0 Å². The van der Waals surface area contributed by atoms with Crippen LogP contribution in [0.15, 0.2) is 18.2 Å². The SMILES string of the molecule is O=C(CCC12CCC(COC1)N2)NCc1ccc(F)cc1F. The predicted octanol–water partition coefficient (Wildman–Crippen LogP) is 1.88. The van der Waals surface area contributed by atoms with Crippen LogP contribution in [-0.4, -0.2) is 30.7 Å². The summed E-state index contributed by atoms with van der Waals surface area (Å²) in [6.07, 6.45) is 3.19. The first-order valence-electron chi connectivity index (χ1n) is 7.62. The Balaban J connectivity index is 1.47. The summed E-state index contributed by atoms with van der Waals surface area (Å²) in [5.41, 5.74) is 0.203. The number of morpholine rings is 1. The second-order valence-corrected chi connectivity index (χ2v) is 6.19. The molecule has 1 amide bonds. The first-order chi connectivity index (χ1) is 10.6. The number of fused-ring (bicyclic) bond motifs is 2. The maximum atomic E-state index is 13.5. The van der Waals surface area contributed by atoms with Gasteiger partial charge < -0.3 is 15.4 Å². The minimum absolute atomic E-state index is 0.0739. The topological polar surface area (TPSA) is 50.4 Å². The second-order valence-electron chi connectivity index (χ2n) is 6.19. The van der Waals surface area contributed by atoms with Crippen LogP contribution in [0.25, 0.3) is 0 Å². The number of ether oxygens (including phenoxy) is 1. The normalized spacial score (nSPS) is 26.9. The minimum atomic E-state index is -0.639. The Morgan fingerprint density at radius 1 is 1.45 bits per heavy atom. The lowest BCUT2D eigenvalue weighted by molar-refractivity contribution is -0.122. The Kier molecular flexibility index (Phi) is 4.40. The molecular weight excluding hydrogens is 290 g/mol. The molecule has 6 heteroatoms. The van der Waals surface area contributed by atoms with Crippen molar-refractivity contribution in [3.63, 3.8) is 0 Å². The monoisotopic (exact) mass is 310 g/mol. The number of benzene rings is 1. The molecule has 4 nitrogen and oxygen atoms in total. The number of hydrogen-bond donors (Lipinski definition) is 2. The fourth-order valence-electron chi connectivity index (χ4n) is 3.23. The lowest BCUT2D eigenvalue weighted by Gasteiger charge is -2.34. The Labute approximate surface area is 128 Å². The van der Waals surface area contributed by atoms with Gasteiger partial charge in [-0.25, -0.2) is 8.78 Å². The number of amides is 1. The third-order valence-electron chi connectivity index (χ3n) is 4.50. The van der Waals surface area contributed by atoms with E-state index in [1.165, 1.54) is 12.1 Å². The molecule has 2 unspecified atom stereocenters. The summed E-state index contributed by atoms with van der Waals surface area (Å²) in [4.78, 5) is 11.9. The van der Waals surface area contributed by atoms with Gasteiger partial charge in [0.2, 0.25) is 5.91 Å². The fraction of sp³-hybridized carbons (Fsp3) is 0.562. The van der Waals surface area contributed by atoms with E-state index in [-0.39, 0.29) is 23.6 Å². The highest BCUT2D eigenvalue weighted by molar-refractivity contribution is 5.76. The number of halogens is 2. The van der Waals surface area contributed by atoms with E-state index in [4.69, 9.17) is 4.74 Å². The van der Waals surface area contributed by atoms with Gasteiger partial charge in [-0.3, -0.25) is 4.79 Å². The minimum Gasteiger partial charge on any atom is -0.378 e. The molecule has 1 aromatic rings. The standard InChI is InChI=1S/C16H20F2N2O2/c17-12-2-1-11(14(18)7-12)8-19-15(21)4-6-16-5-3-13(20-16)9-22-10-16/h1-2,7,13,20H,3-6,8-10H2,(H,19,21). The lowest BCUT2D eigenvalue weighted by Crippen LogP contribution is -2.52. The van der Waals surface area contributed by atoms with E-state index in [1.54, 1.807) is 0 Å². The molecule has 2 atom stereocenters. The average Bonchev–Trinajstić information content (AvgIpc) is 2.79. The molecule has 0 aliphatic carbocycles. The highest BCUT2D eigenvalue weighted by Gasteiger charge is 2.42. The molecule has 3 rings (SSSR count). The van der Waals surface area contributed by atoms with Crippen LogP contribution < -0.4 is 10.6 Å². The van der Waals surface area contributed by atoms with E-state index in [0.29, 0.717) is 25.5 Å². The molecule has 0 saturated carbocycles. The number of nitrogens with one attached hydrogen (secondary N) is 2. The summed E-state index contributed by atoms with van der Waals surface area (Å²) >= 11 is 0. The van der Waals surface area contributed by atoms with Gasteiger partial charge in [0.05, 0.1) is 13.2 Å². The second kappa shape index (κ2) is 6.30. The van der Waals surface area contributed by atoms with Gasteiger partial charge in [-0.15, -0.1) is 0 Å². The maximum absolute atomic E-state index is 13.5. The summed E-state index contributed by atoms with van der Waals surface area (Å²) in [6.45, 7) is 1.46. The smallest absolute Gasteiger partial charge is 0.220 e. The third kappa shape index (κ3) is 3.44. The number of carbonyl (C=O) groups excluding carboxylic acids is 1. The first kappa shape index (κ1) is 15.4. The molecule has 2 heterocycles. The lowest BCUT2D eigenvalue weighted by atomic mass is 9.92. The average molecular weight is 310 g/mol. The molecule has 2 N–H and O–H groups in total. The highest BCUT2D eigenvalue weighted by Crippen LogP contribution is 2.32. The molecule has 2 aliphatic rings. The Morgan fingerprint density at radius 3 is 3.14 bits per heavy atom. The largest absolute Gasteiger partial charge is 0.378 e. The molecule has 120 valence electrons. The molecule has 0 aromatic heterocycles. The van der Waals surface area contributed by atoms with Gasteiger partial charge in [-0.05, 0) is 25.3 Å². The number of hydrogen-bond acceptors (Lipinski definition) is 3. The van der Waals surface area contributed by atoms with Gasteiger partial charge in [0.25, 0.3) is 0 Å². The summed E-state index contributed by atoms with van der Waals surface area (Å²) in [5.74, 6) is -1.39. The van der Waals surface area contributed by atoms with E-state index in [1.807, 2.05) is 0 Å². The Bertz CT molecular complexity index is 563. The van der Waals surface area contributed by atoms with Crippen LogP contribution in [0.2, 0.25) is 0 Å². The molecule has 1 aromatic carbocycles. The van der Waals surface area contributed by atoms with E-state index in [9.17, 15) is 13.6 Å². The summed E-state index contributed by atoms with van der Waals surface area (Å²) < 4.78 is 31.9. The molecule has 0 radical (unpaired) electrons. The Hall–Kier alpha value is -1.53. The summed E-state index contributed by atoms with van der Waals surface area (Å²) in [6, 6.07) is 3.76. The Morgan fingerprint density at radius 2 is 2.32 bits per heavy atom. The molecule has 2 aliphatic heterocycles. The predicted molar refractivity (Wildman–Crippen MR) is 77.1 cm³/mol. The van der Waals surface area contributed by atoms with Gasteiger partial charge in [0, 0.05) is 36.2 Å². The van der Waals surface area contributed by atoms with Crippen LogP contribution in [0.4, 0.5) is 8.78 Å². The zero-order chi connectivity index (χ0) is 15.6. The van der Waals surface area contributed by atoms with Crippen molar-refractivity contribution in [1.29, 1.82) is 0 Å². The molecular formula is C16H20F2N2O2. The van der Waals surface area contributed by atoms with E-state index < -0.39 is 11.6 Å². The van der Waals surface area contributed by atoms with E-state index >= 15 is 0 Å². The van der Waals surface area contributed by atoms with Gasteiger partial charge in [-0.2, -0.15) is 0 Å². The van der Waals surface area contributed by atoms with E-state index in [0.717, 1.165) is 25.5 Å². The first-order valence-corrected chi connectivity index (χ1v) is 7.62. The van der Waals surface area contributed by atoms with Gasteiger partial charge in [0.1, 0.15) is 11.6 Å². The summed E-state index contributed by atoms with van der Waals surface area (Å²) in [5, 5.41) is 6.23. The molecule has 22 heavy (non-hydrogen) atoms.